The average molecular weight is 598 g/mol. The van der Waals surface area contributed by atoms with Crippen molar-refractivity contribution in [3.63, 3.8) is 0 Å². The summed E-state index contributed by atoms with van der Waals surface area (Å²) in [6, 6.07) is 17.1. The second-order valence-electron chi connectivity index (χ2n) is 10.1. The van der Waals surface area contributed by atoms with Crippen LogP contribution in [0.2, 0.25) is 0 Å². The molecule has 3 aromatic carbocycles. The molecule has 0 bridgehead atoms. The number of hydrogen-bond acceptors (Lipinski definition) is 7. The molecule has 1 atom stereocenters. The molecule has 0 aromatic heterocycles. The van der Waals surface area contributed by atoms with Gasteiger partial charge in [-0.1, -0.05) is 29.8 Å². The average Bonchev–Trinajstić information content (AvgIpc) is 2.97. The number of benzene rings is 3. The van der Waals surface area contributed by atoms with Crippen molar-refractivity contribution in [1.29, 1.82) is 0 Å². The van der Waals surface area contributed by atoms with Crippen LogP contribution in [0.3, 0.4) is 0 Å². The highest BCUT2D eigenvalue weighted by Crippen LogP contribution is 2.36. The second-order valence-corrected chi connectivity index (χ2v) is 11.9. The normalized spacial score (nSPS) is 11.9. The predicted octanol–water partition coefficient (Wildman–Crippen LogP) is 4.16. The Bertz CT molecular complexity index is 1470. The van der Waals surface area contributed by atoms with E-state index in [-0.39, 0.29) is 34.8 Å². The monoisotopic (exact) mass is 597 g/mol. The Morgan fingerprint density at radius 1 is 0.833 bits per heavy atom. The van der Waals surface area contributed by atoms with E-state index in [1.165, 1.54) is 37.3 Å². The van der Waals surface area contributed by atoms with Gasteiger partial charge in [-0.3, -0.25) is 13.9 Å². The van der Waals surface area contributed by atoms with E-state index in [1.807, 2.05) is 20.8 Å². The van der Waals surface area contributed by atoms with Gasteiger partial charge < -0.3 is 24.4 Å². The Balaban J connectivity index is 2.11. The molecule has 0 aliphatic heterocycles. The van der Waals surface area contributed by atoms with Gasteiger partial charge in [0.15, 0.2) is 0 Å². The molecule has 0 aliphatic carbocycles. The van der Waals surface area contributed by atoms with E-state index in [4.69, 9.17) is 14.2 Å². The molecule has 0 fully saturated rings. The lowest BCUT2D eigenvalue weighted by Crippen LogP contribution is -2.52. The highest BCUT2D eigenvalue weighted by molar-refractivity contribution is 7.92. The predicted molar refractivity (Wildman–Crippen MR) is 162 cm³/mol. The molecule has 42 heavy (non-hydrogen) atoms. The summed E-state index contributed by atoms with van der Waals surface area (Å²) < 4.78 is 45.3. The third-order valence-corrected chi connectivity index (χ3v) is 8.43. The number of anilines is 1. The Morgan fingerprint density at radius 3 is 1.98 bits per heavy atom. The summed E-state index contributed by atoms with van der Waals surface area (Å²) in [5, 5.41) is 2.84. The zero-order chi connectivity index (χ0) is 31.0. The number of hydrogen-bond donors (Lipinski definition) is 1. The van der Waals surface area contributed by atoms with Gasteiger partial charge in [-0.15, -0.1) is 0 Å². The van der Waals surface area contributed by atoms with E-state index < -0.39 is 28.5 Å². The van der Waals surface area contributed by atoms with Crippen molar-refractivity contribution in [1.82, 2.24) is 10.2 Å². The second kappa shape index (κ2) is 14.1. The molecule has 3 aromatic rings. The molecule has 3 rings (SSSR count). The van der Waals surface area contributed by atoms with Crippen molar-refractivity contribution in [2.75, 3.05) is 32.2 Å². The number of rotatable bonds is 13. The summed E-state index contributed by atoms with van der Waals surface area (Å²) in [5.41, 5.74) is 1.74. The molecule has 11 heteroatoms. The van der Waals surface area contributed by atoms with Crippen LogP contribution in [0.25, 0.3) is 0 Å². The Labute approximate surface area is 248 Å². The number of nitrogens with zero attached hydrogens (tertiary/aromatic N) is 2. The van der Waals surface area contributed by atoms with E-state index in [9.17, 15) is 18.0 Å². The minimum absolute atomic E-state index is 0.00178. The zero-order valence-electron chi connectivity index (χ0n) is 25.1. The third kappa shape index (κ3) is 7.73. The van der Waals surface area contributed by atoms with Gasteiger partial charge >= 0.3 is 0 Å². The van der Waals surface area contributed by atoms with Crippen molar-refractivity contribution < 1.29 is 32.2 Å². The number of amides is 2. The van der Waals surface area contributed by atoms with Crippen LogP contribution < -0.4 is 23.8 Å². The number of ether oxygens (including phenoxy) is 3. The maximum Gasteiger partial charge on any atom is 0.264 e. The number of carbonyl (C=O) groups excluding carboxylic acids is 2. The topological polar surface area (TPSA) is 114 Å². The molecule has 10 nitrogen and oxygen atoms in total. The number of carbonyl (C=O) groups is 2. The van der Waals surface area contributed by atoms with Gasteiger partial charge in [-0.25, -0.2) is 8.42 Å². The SMILES string of the molecule is COc1ccc(CN(C(=O)CN(c2cc(OC)ccc2OC)S(=O)(=O)c2ccc(C)cc2)C(C)C(=O)NC(C)C)cc1. The van der Waals surface area contributed by atoms with Gasteiger partial charge in [0.1, 0.15) is 29.8 Å². The van der Waals surface area contributed by atoms with Gasteiger partial charge in [0.2, 0.25) is 11.8 Å². The minimum Gasteiger partial charge on any atom is -0.497 e. The van der Waals surface area contributed by atoms with Gasteiger partial charge in [0, 0.05) is 18.7 Å². The van der Waals surface area contributed by atoms with Crippen LogP contribution in [0, 0.1) is 6.92 Å². The van der Waals surface area contributed by atoms with Crippen LogP contribution in [0.5, 0.6) is 17.2 Å². The number of methoxy groups -OCH3 is 3. The first-order valence-corrected chi connectivity index (χ1v) is 14.9. The number of sulfonamides is 1. The molecule has 0 spiro atoms. The van der Waals surface area contributed by atoms with E-state index in [0.29, 0.717) is 11.5 Å². The highest BCUT2D eigenvalue weighted by Gasteiger charge is 2.34. The van der Waals surface area contributed by atoms with Crippen molar-refractivity contribution >= 4 is 27.5 Å². The zero-order valence-corrected chi connectivity index (χ0v) is 25.9. The summed E-state index contributed by atoms with van der Waals surface area (Å²) in [5.74, 6) is 0.299. The first-order chi connectivity index (χ1) is 19.9. The smallest absolute Gasteiger partial charge is 0.264 e. The van der Waals surface area contributed by atoms with Crippen LogP contribution in [0.1, 0.15) is 31.9 Å². The summed E-state index contributed by atoms with van der Waals surface area (Å²) in [6.07, 6.45) is 0. The maximum atomic E-state index is 14.1. The molecule has 0 radical (unpaired) electrons. The van der Waals surface area contributed by atoms with Gasteiger partial charge in [0.05, 0.1) is 31.9 Å². The molecular weight excluding hydrogens is 558 g/mol. The molecule has 1 N–H and O–H groups in total. The summed E-state index contributed by atoms with van der Waals surface area (Å²) in [4.78, 5) is 28.6. The van der Waals surface area contributed by atoms with Gasteiger partial charge in [0.25, 0.3) is 10.0 Å². The highest BCUT2D eigenvalue weighted by atomic mass is 32.2. The Hall–Kier alpha value is -4.25. The molecule has 0 aliphatic rings. The number of nitrogens with one attached hydrogen (secondary N) is 1. The van der Waals surface area contributed by atoms with E-state index in [1.54, 1.807) is 62.6 Å². The fourth-order valence-electron chi connectivity index (χ4n) is 4.26. The lowest BCUT2D eigenvalue weighted by molar-refractivity contribution is -0.139. The Kier molecular flexibility index (Phi) is 10.8. The standard InChI is InChI=1S/C31H39N3O7S/c1-21(2)32-31(36)23(4)33(19-24-10-12-25(39-5)13-11-24)30(35)20-34(28-18-26(40-6)14-17-29(28)41-7)42(37,38)27-15-8-22(3)9-16-27/h8-18,21,23H,19-20H2,1-7H3,(H,32,36). The molecule has 226 valence electrons. The van der Waals surface area contributed by atoms with E-state index >= 15 is 0 Å². The van der Waals surface area contributed by atoms with Gasteiger partial charge in [-0.2, -0.15) is 0 Å². The Morgan fingerprint density at radius 2 is 1.43 bits per heavy atom. The molecule has 2 amide bonds. The van der Waals surface area contributed by atoms with Crippen LogP contribution >= 0.6 is 0 Å². The molecule has 0 saturated heterocycles. The van der Waals surface area contributed by atoms with Crippen LogP contribution in [-0.2, 0) is 26.2 Å². The van der Waals surface area contributed by atoms with Crippen LogP contribution in [0.4, 0.5) is 5.69 Å². The fourth-order valence-corrected chi connectivity index (χ4v) is 5.67. The largest absolute Gasteiger partial charge is 0.497 e. The van der Waals surface area contributed by atoms with Crippen molar-refractivity contribution in [2.24, 2.45) is 0 Å². The first-order valence-electron chi connectivity index (χ1n) is 13.5. The number of aryl methyl sites for hydroxylation is 1. The van der Waals surface area contributed by atoms with E-state index in [2.05, 4.69) is 5.32 Å². The maximum absolute atomic E-state index is 14.1. The molecular formula is C31H39N3O7S. The summed E-state index contributed by atoms with van der Waals surface area (Å²) in [6.45, 7) is 6.57. The molecule has 0 heterocycles. The quantitative estimate of drug-likeness (QED) is 0.315. The van der Waals surface area contributed by atoms with Crippen molar-refractivity contribution in [3.05, 3.63) is 77.9 Å². The van der Waals surface area contributed by atoms with Crippen molar-refractivity contribution in [2.45, 2.75) is 51.2 Å². The fraction of sp³-hybridized carbons (Fsp3) is 0.355. The summed E-state index contributed by atoms with van der Waals surface area (Å²) in [7, 11) is 0.158. The van der Waals surface area contributed by atoms with Crippen LogP contribution in [0.15, 0.2) is 71.6 Å². The first kappa shape index (κ1) is 32.3. The van der Waals surface area contributed by atoms with Gasteiger partial charge in [-0.05, 0) is 69.7 Å². The van der Waals surface area contributed by atoms with Crippen LogP contribution in [-0.4, -0.2) is 65.1 Å². The molecule has 0 saturated carbocycles. The molecule has 1 unspecified atom stereocenters. The summed E-state index contributed by atoms with van der Waals surface area (Å²) >= 11 is 0. The van der Waals surface area contributed by atoms with Crippen molar-refractivity contribution in [3.8, 4) is 17.2 Å². The lowest BCUT2D eigenvalue weighted by atomic mass is 10.1. The van der Waals surface area contributed by atoms with E-state index in [0.717, 1.165) is 15.4 Å². The third-order valence-electron chi connectivity index (χ3n) is 6.65. The minimum atomic E-state index is -4.27. The lowest BCUT2D eigenvalue weighted by Gasteiger charge is -2.32.